The van der Waals surface area contributed by atoms with E-state index in [1.165, 1.54) is 12.1 Å². The van der Waals surface area contributed by atoms with Crippen LogP contribution in [0.15, 0.2) is 59.6 Å². The molecule has 0 saturated carbocycles. The van der Waals surface area contributed by atoms with Gasteiger partial charge >= 0.3 is 15.2 Å². The van der Waals surface area contributed by atoms with Gasteiger partial charge in [-0.25, -0.2) is 4.39 Å². The zero-order chi connectivity index (χ0) is 30.0. The Labute approximate surface area is 245 Å². The van der Waals surface area contributed by atoms with Gasteiger partial charge in [0.25, 0.3) is 0 Å². The number of carbonyl (C=O) groups excluding carboxylic acids is 1. The van der Waals surface area contributed by atoms with Crippen LogP contribution in [0.4, 0.5) is 4.39 Å². The summed E-state index contributed by atoms with van der Waals surface area (Å²) in [7, 11) is -6.39. The summed E-state index contributed by atoms with van der Waals surface area (Å²) in [5.74, 6) is -0.658. The van der Waals surface area contributed by atoms with Gasteiger partial charge in [0, 0.05) is 31.4 Å². The quantitative estimate of drug-likeness (QED) is 0.135. The minimum absolute atomic E-state index is 0.00332. The maximum absolute atomic E-state index is 14.9. The molecule has 3 rings (SSSR count). The highest BCUT2D eigenvalue weighted by Gasteiger charge is 2.52. The van der Waals surface area contributed by atoms with Gasteiger partial charge in [0.2, 0.25) is 0 Å². The van der Waals surface area contributed by atoms with Crippen molar-refractivity contribution in [3.05, 3.63) is 71.6 Å². The van der Waals surface area contributed by atoms with Crippen LogP contribution in [0, 0.1) is 5.82 Å². The molecule has 0 saturated heterocycles. The molecule has 1 aromatic carbocycles. The summed E-state index contributed by atoms with van der Waals surface area (Å²) >= 11 is 0.707. The first-order valence-corrected chi connectivity index (χ1v) is 17.4. The second-order valence-electron chi connectivity index (χ2n) is 8.78. The third-order valence-corrected chi connectivity index (χ3v) is 13.0. The normalized spacial score (nSPS) is 15.7. The van der Waals surface area contributed by atoms with E-state index in [9.17, 15) is 18.3 Å². The van der Waals surface area contributed by atoms with E-state index in [0.717, 1.165) is 17.3 Å². The van der Waals surface area contributed by atoms with Gasteiger partial charge in [-0.2, -0.15) is 0 Å². The summed E-state index contributed by atoms with van der Waals surface area (Å²) in [6.07, 6.45) is 5.14. The number of thioether (sulfide) groups is 1. The van der Waals surface area contributed by atoms with Crippen LogP contribution in [0.5, 0.6) is 0 Å². The lowest BCUT2D eigenvalue weighted by molar-refractivity contribution is -0.111. The Morgan fingerprint density at radius 3 is 2.10 bits per heavy atom. The highest BCUT2D eigenvalue weighted by molar-refractivity contribution is 8.13. The molecule has 41 heavy (non-hydrogen) atoms. The molecule has 0 radical (unpaired) electrons. The maximum Gasteiger partial charge on any atom is 0.350 e. The number of allylic oxidation sites excluding steroid dienone is 1. The molecule has 1 atom stereocenters. The van der Waals surface area contributed by atoms with E-state index in [4.69, 9.17) is 22.8 Å². The Hall–Kier alpha value is -2.04. The average Bonchev–Trinajstić information content (AvgIpc) is 3.30. The van der Waals surface area contributed by atoms with Gasteiger partial charge in [0.05, 0.1) is 37.0 Å². The first-order chi connectivity index (χ1) is 19.6. The van der Waals surface area contributed by atoms with Crippen molar-refractivity contribution in [3.63, 3.8) is 0 Å². The van der Waals surface area contributed by atoms with Crippen LogP contribution in [-0.2, 0) is 36.8 Å². The van der Waals surface area contributed by atoms with E-state index >= 15 is 0 Å². The predicted molar refractivity (Wildman–Crippen MR) is 155 cm³/mol. The van der Waals surface area contributed by atoms with Crippen LogP contribution in [0.1, 0.15) is 63.3 Å². The second kappa shape index (κ2) is 15.4. The number of carbonyl (C=O) groups is 1. The first kappa shape index (κ1) is 33.5. The molecular weight excluding hydrogens is 593 g/mol. The molecular formula is C27H37FN2O8P2S. The number of ether oxygens (including phenoxy) is 1. The topological polar surface area (TPSA) is 113 Å². The second-order valence-corrected chi connectivity index (χ2v) is 14.5. The first-order valence-electron chi connectivity index (χ1n) is 13.4. The summed E-state index contributed by atoms with van der Waals surface area (Å²) in [6.45, 7) is 6.52. The van der Waals surface area contributed by atoms with E-state index in [1.807, 2.05) is 24.1 Å². The maximum atomic E-state index is 14.9. The molecule has 0 N–H and O–H groups in total. The monoisotopic (exact) mass is 630 g/mol. The van der Waals surface area contributed by atoms with E-state index in [-0.39, 0.29) is 54.7 Å². The SMILES string of the molecule is CCOP(=O)(OCC)C(c1ccc(F)c(SC(=O)CCC2=COC(c3ccncc3)N2C)c1)P(=O)(OCC)OCC. The predicted octanol–water partition coefficient (Wildman–Crippen LogP) is 7.65. The molecule has 14 heteroatoms. The van der Waals surface area contributed by atoms with Crippen molar-refractivity contribution in [1.82, 2.24) is 9.88 Å². The van der Waals surface area contributed by atoms with Crippen LogP contribution in [0.25, 0.3) is 0 Å². The van der Waals surface area contributed by atoms with Gasteiger partial charge in [-0.3, -0.25) is 18.9 Å². The third kappa shape index (κ3) is 8.29. The summed E-state index contributed by atoms with van der Waals surface area (Å²) in [6, 6.07) is 7.50. The van der Waals surface area contributed by atoms with E-state index in [2.05, 4.69) is 4.98 Å². The molecule has 1 aliphatic rings. The third-order valence-electron chi connectivity index (χ3n) is 6.03. The number of hydrogen-bond acceptors (Lipinski definition) is 11. The van der Waals surface area contributed by atoms with Crippen molar-refractivity contribution in [2.24, 2.45) is 0 Å². The number of aromatic nitrogens is 1. The molecule has 0 aliphatic carbocycles. The number of pyridine rings is 1. The molecule has 0 amide bonds. The lowest BCUT2D eigenvalue weighted by Crippen LogP contribution is -2.20. The Morgan fingerprint density at radius 1 is 1.00 bits per heavy atom. The molecule has 1 aromatic heterocycles. The average molecular weight is 631 g/mol. The van der Waals surface area contributed by atoms with Gasteiger partial charge in [-0.1, -0.05) is 6.07 Å². The molecule has 1 unspecified atom stereocenters. The molecule has 0 bridgehead atoms. The minimum atomic E-state index is -4.13. The van der Waals surface area contributed by atoms with E-state index in [0.29, 0.717) is 18.2 Å². The largest absolute Gasteiger partial charge is 0.472 e. The molecule has 1 aliphatic heterocycles. The summed E-state index contributed by atoms with van der Waals surface area (Å²) in [5.41, 5.74) is 1.90. The number of rotatable bonds is 16. The number of nitrogens with zero attached hydrogens (tertiary/aromatic N) is 2. The van der Waals surface area contributed by atoms with Crippen LogP contribution < -0.4 is 0 Å². The van der Waals surface area contributed by atoms with E-state index < -0.39 is 26.4 Å². The molecule has 226 valence electrons. The number of halogens is 1. The lowest BCUT2D eigenvalue weighted by atomic mass is 10.2. The van der Waals surface area contributed by atoms with Gasteiger partial charge < -0.3 is 27.7 Å². The fourth-order valence-corrected chi connectivity index (χ4v) is 10.5. The summed E-state index contributed by atoms with van der Waals surface area (Å²) < 4.78 is 70.8. The highest BCUT2D eigenvalue weighted by Crippen LogP contribution is 2.78. The Morgan fingerprint density at radius 2 is 1.56 bits per heavy atom. The van der Waals surface area contributed by atoms with Crippen LogP contribution in [0.2, 0.25) is 0 Å². The number of benzene rings is 1. The Kier molecular flexibility index (Phi) is 12.6. The van der Waals surface area contributed by atoms with Crippen molar-refractivity contribution >= 4 is 32.1 Å². The molecule has 2 heterocycles. The van der Waals surface area contributed by atoms with Gasteiger partial charge in [-0.05, 0) is 75.7 Å². The molecule has 0 spiro atoms. The van der Waals surface area contributed by atoms with Crippen molar-refractivity contribution in [2.45, 2.75) is 57.1 Å². The van der Waals surface area contributed by atoms with Crippen molar-refractivity contribution in [3.8, 4) is 0 Å². The Bertz CT molecular complexity index is 1250. The number of hydrogen-bond donors (Lipinski definition) is 0. The Balaban J connectivity index is 1.82. The zero-order valence-electron chi connectivity index (χ0n) is 23.9. The van der Waals surface area contributed by atoms with Crippen molar-refractivity contribution < 1.29 is 41.1 Å². The van der Waals surface area contributed by atoms with Gasteiger partial charge in [-0.15, -0.1) is 0 Å². The van der Waals surface area contributed by atoms with Crippen molar-refractivity contribution in [2.75, 3.05) is 33.5 Å². The summed E-state index contributed by atoms with van der Waals surface area (Å²) in [5, 5.41) is -1.78. The fraction of sp³-hybridized carbons (Fsp3) is 0.481. The molecule has 2 aromatic rings. The molecule has 0 fully saturated rings. The van der Waals surface area contributed by atoms with Gasteiger partial charge in [0.1, 0.15) is 12.1 Å². The standard InChI is InChI=1S/C27H37FN2O8P2S/c1-6-35-39(32,36-7-2)27(40(33,37-8-3)38-9-4)21-10-12-23(28)24(18-21)41-25(31)13-11-22-19-34-26(30(22)5)20-14-16-29-17-15-20/h10,12,14-19,26-27H,6-9,11,13H2,1-5H3. The van der Waals surface area contributed by atoms with Gasteiger partial charge in [0.15, 0.2) is 16.7 Å². The van der Waals surface area contributed by atoms with E-state index in [1.54, 1.807) is 46.4 Å². The lowest BCUT2D eigenvalue weighted by Gasteiger charge is -2.31. The van der Waals surface area contributed by atoms with Crippen molar-refractivity contribution in [1.29, 1.82) is 0 Å². The summed E-state index contributed by atoms with van der Waals surface area (Å²) in [4.78, 5) is 18.9. The zero-order valence-corrected chi connectivity index (χ0v) is 26.5. The highest BCUT2D eigenvalue weighted by atomic mass is 32.2. The molecule has 10 nitrogen and oxygen atoms in total. The van der Waals surface area contributed by atoms with Crippen LogP contribution in [-0.4, -0.2) is 48.5 Å². The van der Waals surface area contributed by atoms with Crippen LogP contribution in [0.3, 0.4) is 0 Å². The van der Waals surface area contributed by atoms with Crippen LogP contribution >= 0.6 is 27.0 Å². The smallest absolute Gasteiger partial charge is 0.350 e. The fourth-order valence-electron chi connectivity index (χ4n) is 4.31. The minimum Gasteiger partial charge on any atom is -0.472 e.